The molecule has 0 spiro atoms. The number of likely N-dealkylation sites (tertiary alicyclic amines) is 1. The molecule has 1 fully saturated rings. The highest BCUT2D eigenvalue weighted by Crippen LogP contribution is 2.30. The van der Waals surface area contributed by atoms with Crippen molar-refractivity contribution in [3.05, 3.63) is 34.0 Å². The molecule has 0 N–H and O–H groups in total. The van der Waals surface area contributed by atoms with Gasteiger partial charge in [-0.3, -0.25) is 4.79 Å². The normalized spacial score (nSPS) is 16.4. The van der Waals surface area contributed by atoms with E-state index in [9.17, 15) is 9.18 Å². The second-order valence-corrected chi connectivity index (χ2v) is 6.81. The number of hydrogen-bond donors (Lipinski definition) is 0. The van der Waals surface area contributed by atoms with Crippen molar-refractivity contribution in [2.45, 2.75) is 25.4 Å². The summed E-state index contributed by atoms with van der Waals surface area (Å²) < 4.78 is 13.8. The molecule has 0 saturated carbocycles. The third-order valence-electron chi connectivity index (χ3n) is 3.87. The number of rotatable bonds is 4. The topological polar surface area (TPSA) is 46.1 Å². The van der Waals surface area contributed by atoms with E-state index in [1.165, 1.54) is 11.3 Å². The van der Waals surface area contributed by atoms with Crippen LogP contribution in [0.25, 0.3) is 11.1 Å². The zero-order valence-corrected chi connectivity index (χ0v) is 13.6. The first kappa shape index (κ1) is 15.4. The molecular weight excluding hydrogens is 325 g/mol. The molecule has 7 heteroatoms. The molecule has 116 valence electrons. The second-order valence-electron chi connectivity index (χ2n) is 5.47. The first-order chi connectivity index (χ1) is 10.5. The Morgan fingerprint density at radius 2 is 2.09 bits per heavy atom. The first-order valence-electron chi connectivity index (χ1n) is 7.01. The molecule has 22 heavy (non-hydrogen) atoms. The van der Waals surface area contributed by atoms with E-state index in [4.69, 9.17) is 11.6 Å². The second kappa shape index (κ2) is 5.93. The van der Waals surface area contributed by atoms with Crippen molar-refractivity contribution in [1.29, 1.82) is 0 Å². The van der Waals surface area contributed by atoms with E-state index in [1.54, 1.807) is 17.3 Å². The number of carbonyl (C=O) groups is 1. The van der Waals surface area contributed by atoms with E-state index < -0.39 is 5.67 Å². The SMILES string of the molecule is CCC1(F)CN(C(=O)Cc2cc(-c3cnc(Cl)nc3)cs2)C1. The average Bonchev–Trinajstić information content (AvgIpc) is 2.93. The Balaban J connectivity index is 1.63. The zero-order chi connectivity index (χ0) is 15.7. The molecule has 1 aliphatic heterocycles. The van der Waals surface area contributed by atoms with Crippen molar-refractivity contribution in [2.75, 3.05) is 13.1 Å². The van der Waals surface area contributed by atoms with Crippen LogP contribution in [0.5, 0.6) is 0 Å². The average molecular weight is 340 g/mol. The van der Waals surface area contributed by atoms with Gasteiger partial charge in [0.05, 0.1) is 19.5 Å². The summed E-state index contributed by atoms with van der Waals surface area (Å²) in [6.45, 7) is 2.23. The number of aromatic nitrogens is 2. The smallest absolute Gasteiger partial charge is 0.228 e. The van der Waals surface area contributed by atoms with Crippen molar-refractivity contribution in [1.82, 2.24) is 14.9 Å². The highest BCUT2D eigenvalue weighted by Gasteiger charge is 2.43. The molecule has 2 aromatic heterocycles. The van der Waals surface area contributed by atoms with E-state index in [1.807, 2.05) is 18.4 Å². The van der Waals surface area contributed by atoms with Crippen molar-refractivity contribution in [3.8, 4) is 11.1 Å². The summed E-state index contributed by atoms with van der Waals surface area (Å²) in [7, 11) is 0. The fraction of sp³-hybridized carbons (Fsp3) is 0.400. The Kier molecular flexibility index (Phi) is 4.14. The van der Waals surface area contributed by atoms with Crippen LogP contribution in [0.1, 0.15) is 18.2 Å². The summed E-state index contributed by atoms with van der Waals surface area (Å²) in [5, 5.41) is 2.16. The van der Waals surface area contributed by atoms with Gasteiger partial charge in [-0.05, 0) is 35.0 Å². The van der Waals surface area contributed by atoms with E-state index >= 15 is 0 Å². The molecule has 3 rings (SSSR count). The van der Waals surface area contributed by atoms with Crippen LogP contribution in [0.2, 0.25) is 5.28 Å². The maximum Gasteiger partial charge on any atom is 0.228 e. The van der Waals surface area contributed by atoms with E-state index in [2.05, 4.69) is 9.97 Å². The maximum atomic E-state index is 13.8. The van der Waals surface area contributed by atoms with Gasteiger partial charge in [0.2, 0.25) is 11.2 Å². The lowest BCUT2D eigenvalue weighted by Crippen LogP contribution is -2.60. The molecule has 1 amide bonds. The number of halogens is 2. The minimum atomic E-state index is -1.18. The van der Waals surface area contributed by atoms with Gasteiger partial charge in [-0.1, -0.05) is 6.92 Å². The van der Waals surface area contributed by atoms with Crippen LogP contribution in [0.4, 0.5) is 4.39 Å². The minimum absolute atomic E-state index is 0.0255. The fourth-order valence-electron chi connectivity index (χ4n) is 2.38. The Bertz CT molecular complexity index is 682. The molecule has 0 radical (unpaired) electrons. The first-order valence-corrected chi connectivity index (χ1v) is 8.27. The van der Waals surface area contributed by atoms with Crippen molar-refractivity contribution >= 4 is 28.8 Å². The number of hydrogen-bond acceptors (Lipinski definition) is 4. The van der Waals surface area contributed by atoms with Gasteiger partial charge in [-0.25, -0.2) is 14.4 Å². The number of amides is 1. The molecule has 0 bridgehead atoms. The van der Waals surface area contributed by atoms with Crippen LogP contribution >= 0.6 is 22.9 Å². The quantitative estimate of drug-likeness (QED) is 0.802. The van der Waals surface area contributed by atoms with E-state index in [0.717, 1.165) is 16.0 Å². The summed E-state index contributed by atoms with van der Waals surface area (Å²) in [5.74, 6) is -0.0255. The van der Waals surface area contributed by atoms with Gasteiger partial charge in [0.25, 0.3) is 0 Å². The summed E-state index contributed by atoms with van der Waals surface area (Å²) in [5.41, 5.74) is 0.634. The molecule has 0 unspecified atom stereocenters. The largest absolute Gasteiger partial charge is 0.336 e. The standard InChI is InChI=1S/C15H15ClFN3OS/c1-2-15(17)8-20(9-15)13(21)4-12-3-10(7-22-12)11-5-18-14(16)19-6-11/h3,5-7H,2,4,8-9H2,1H3. The van der Waals surface area contributed by atoms with Gasteiger partial charge in [0.15, 0.2) is 0 Å². The molecule has 3 heterocycles. The molecule has 0 aliphatic carbocycles. The van der Waals surface area contributed by atoms with Crippen molar-refractivity contribution < 1.29 is 9.18 Å². The predicted molar refractivity (Wildman–Crippen MR) is 84.8 cm³/mol. The molecule has 0 aromatic carbocycles. The third-order valence-corrected chi connectivity index (χ3v) is 5.00. The summed E-state index contributed by atoms with van der Waals surface area (Å²) in [4.78, 5) is 22.5. The Labute approximate surface area is 137 Å². The predicted octanol–water partition coefficient (Wildman–Crippen LogP) is 3.36. The third kappa shape index (κ3) is 3.13. The van der Waals surface area contributed by atoms with Crippen LogP contribution < -0.4 is 0 Å². The van der Waals surface area contributed by atoms with Gasteiger partial charge in [-0.2, -0.15) is 0 Å². The summed E-state index contributed by atoms with van der Waals surface area (Å²) in [6.07, 6.45) is 4.06. The van der Waals surface area contributed by atoms with Crippen LogP contribution in [-0.2, 0) is 11.2 Å². The summed E-state index contributed by atoms with van der Waals surface area (Å²) in [6, 6.07) is 1.94. The van der Waals surface area contributed by atoms with Gasteiger partial charge in [0.1, 0.15) is 5.67 Å². The van der Waals surface area contributed by atoms with Crippen LogP contribution in [0, 0.1) is 0 Å². The molecule has 1 aliphatic rings. The monoisotopic (exact) mass is 339 g/mol. The number of thiophene rings is 1. The molecule has 0 atom stereocenters. The number of nitrogens with zero attached hydrogens (tertiary/aromatic N) is 3. The van der Waals surface area contributed by atoms with Gasteiger partial charge >= 0.3 is 0 Å². The fourth-order valence-corrected chi connectivity index (χ4v) is 3.37. The minimum Gasteiger partial charge on any atom is -0.336 e. The van der Waals surface area contributed by atoms with Crippen molar-refractivity contribution in [3.63, 3.8) is 0 Å². The molecule has 4 nitrogen and oxygen atoms in total. The molecule has 2 aromatic rings. The highest BCUT2D eigenvalue weighted by atomic mass is 35.5. The molecular formula is C15H15ClFN3OS. The molecule has 1 saturated heterocycles. The Morgan fingerprint density at radius 1 is 1.41 bits per heavy atom. The van der Waals surface area contributed by atoms with Crippen LogP contribution in [-0.4, -0.2) is 39.5 Å². The number of alkyl halides is 1. The van der Waals surface area contributed by atoms with Gasteiger partial charge in [-0.15, -0.1) is 11.3 Å². The lowest BCUT2D eigenvalue weighted by molar-refractivity contribution is -0.144. The number of carbonyl (C=O) groups excluding carboxylic acids is 1. The Morgan fingerprint density at radius 3 is 2.73 bits per heavy atom. The lowest BCUT2D eigenvalue weighted by Gasteiger charge is -2.44. The van der Waals surface area contributed by atoms with Crippen LogP contribution in [0.3, 0.4) is 0 Å². The highest BCUT2D eigenvalue weighted by molar-refractivity contribution is 7.10. The van der Waals surface area contributed by atoms with Crippen molar-refractivity contribution in [2.24, 2.45) is 0 Å². The van der Waals surface area contributed by atoms with Crippen LogP contribution in [0.15, 0.2) is 23.8 Å². The summed E-state index contributed by atoms with van der Waals surface area (Å²) >= 11 is 7.17. The lowest BCUT2D eigenvalue weighted by atomic mass is 9.93. The maximum absolute atomic E-state index is 13.8. The van der Waals surface area contributed by atoms with E-state index in [0.29, 0.717) is 12.8 Å². The van der Waals surface area contributed by atoms with Gasteiger partial charge in [0, 0.05) is 22.8 Å². The van der Waals surface area contributed by atoms with E-state index in [-0.39, 0.29) is 24.3 Å². The van der Waals surface area contributed by atoms with Gasteiger partial charge < -0.3 is 4.90 Å². The zero-order valence-electron chi connectivity index (χ0n) is 12.1. The Hall–Kier alpha value is -1.53.